The Hall–Kier alpha value is -1.83. The molecule has 2 heteroatoms. The normalized spacial score (nSPS) is 16.1. The summed E-state index contributed by atoms with van der Waals surface area (Å²) in [5, 5.41) is 9.90. The standard InChI is InChI=1S/C17H18N2/c1-3-10-19-15-9-7-13-5-4-12-6-8-14(11(2)18-19)17(15)16(12)13/h6-9H,3-5,10H2,1-2H3. The lowest BCUT2D eigenvalue weighted by atomic mass is 9.95. The topological polar surface area (TPSA) is 15.6 Å². The second kappa shape index (κ2) is 3.83. The van der Waals surface area contributed by atoms with Gasteiger partial charge in [0, 0.05) is 17.5 Å². The van der Waals surface area contributed by atoms with Crippen LogP contribution in [0.25, 0.3) is 10.8 Å². The largest absolute Gasteiger partial charge is 0.265 e. The van der Waals surface area contributed by atoms with E-state index in [2.05, 4.69) is 43.1 Å². The van der Waals surface area contributed by atoms with Gasteiger partial charge >= 0.3 is 0 Å². The molecule has 0 fully saturated rings. The van der Waals surface area contributed by atoms with Crippen molar-refractivity contribution < 1.29 is 0 Å². The smallest absolute Gasteiger partial charge is 0.0679 e. The van der Waals surface area contributed by atoms with Crippen molar-refractivity contribution in [3.63, 3.8) is 0 Å². The zero-order valence-corrected chi connectivity index (χ0v) is 11.5. The molecule has 2 aromatic rings. The number of hydrazone groups is 1. The van der Waals surface area contributed by atoms with Gasteiger partial charge in [-0.05, 0) is 48.8 Å². The van der Waals surface area contributed by atoms with Gasteiger partial charge in [-0.3, -0.25) is 5.01 Å². The van der Waals surface area contributed by atoms with Crippen molar-refractivity contribution in [2.24, 2.45) is 5.10 Å². The average molecular weight is 250 g/mol. The van der Waals surface area contributed by atoms with E-state index in [1.54, 1.807) is 0 Å². The highest BCUT2D eigenvalue weighted by Crippen LogP contribution is 2.41. The molecule has 0 atom stereocenters. The number of benzene rings is 2. The highest BCUT2D eigenvalue weighted by atomic mass is 15.5. The molecule has 19 heavy (non-hydrogen) atoms. The highest BCUT2D eigenvalue weighted by molar-refractivity contribution is 6.17. The minimum atomic E-state index is 0.995. The first-order valence-corrected chi connectivity index (χ1v) is 7.20. The van der Waals surface area contributed by atoms with E-state index in [0.717, 1.165) is 18.7 Å². The van der Waals surface area contributed by atoms with Crippen molar-refractivity contribution in [3.05, 3.63) is 41.0 Å². The molecule has 0 bridgehead atoms. The first-order valence-electron chi connectivity index (χ1n) is 7.20. The minimum Gasteiger partial charge on any atom is -0.265 e. The summed E-state index contributed by atoms with van der Waals surface area (Å²) >= 11 is 0. The second-order valence-electron chi connectivity index (χ2n) is 5.57. The predicted molar refractivity (Wildman–Crippen MR) is 81.2 cm³/mol. The van der Waals surface area contributed by atoms with Gasteiger partial charge in [-0.15, -0.1) is 0 Å². The number of hydrogen-bond donors (Lipinski definition) is 0. The zero-order valence-electron chi connectivity index (χ0n) is 11.5. The molecule has 0 aromatic heterocycles. The summed E-state index contributed by atoms with van der Waals surface area (Å²) < 4.78 is 0. The molecule has 96 valence electrons. The lowest BCUT2D eigenvalue weighted by Crippen LogP contribution is -2.23. The van der Waals surface area contributed by atoms with Crippen LogP contribution in [0.15, 0.2) is 29.4 Å². The number of anilines is 1. The van der Waals surface area contributed by atoms with E-state index >= 15 is 0 Å². The highest BCUT2D eigenvalue weighted by Gasteiger charge is 2.24. The van der Waals surface area contributed by atoms with E-state index in [1.807, 2.05) is 0 Å². The molecule has 1 heterocycles. The van der Waals surface area contributed by atoms with E-state index in [0.29, 0.717) is 0 Å². The third kappa shape index (κ3) is 1.40. The lowest BCUT2D eigenvalue weighted by molar-refractivity contribution is 0.806. The molecule has 0 saturated heterocycles. The third-order valence-electron chi connectivity index (χ3n) is 4.35. The van der Waals surface area contributed by atoms with Gasteiger partial charge in [0.25, 0.3) is 0 Å². The Labute approximate surface area is 113 Å². The van der Waals surface area contributed by atoms with Crippen LogP contribution in [0, 0.1) is 0 Å². The van der Waals surface area contributed by atoms with Crippen LogP contribution in [0.4, 0.5) is 5.69 Å². The molecule has 0 radical (unpaired) electrons. The fourth-order valence-corrected chi connectivity index (χ4v) is 3.50. The van der Waals surface area contributed by atoms with Gasteiger partial charge in [0.1, 0.15) is 0 Å². The number of nitrogens with zero attached hydrogens (tertiary/aromatic N) is 2. The van der Waals surface area contributed by atoms with E-state index in [-0.39, 0.29) is 0 Å². The van der Waals surface area contributed by atoms with Gasteiger partial charge in [0.05, 0.1) is 11.4 Å². The first kappa shape index (κ1) is 11.0. The summed E-state index contributed by atoms with van der Waals surface area (Å²) in [6, 6.07) is 9.13. The fraction of sp³-hybridized carbons (Fsp3) is 0.353. The summed E-state index contributed by atoms with van der Waals surface area (Å²) in [6.45, 7) is 5.33. The maximum absolute atomic E-state index is 4.77. The molecule has 1 aliphatic carbocycles. The summed E-state index contributed by atoms with van der Waals surface area (Å²) in [4.78, 5) is 0. The molecule has 1 aliphatic heterocycles. The lowest BCUT2D eigenvalue weighted by Gasteiger charge is -2.27. The van der Waals surface area contributed by atoms with Gasteiger partial charge in [-0.2, -0.15) is 5.10 Å². The summed E-state index contributed by atoms with van der Waals surface area (Å²) in [6.07, 6.45) is 3.51. The molecule has 0 amide bonds. The molecular formula is C17H18N2. The SMILES string of the molecule is CCCN1N=C(C)c2ccc3c4c(ccc1c24)CC3. The van der Waals surface area contributed by atoms with Gasteiger partial charge in [0.15, 0.2) is 0 Å². The van der Waals surface area contributed by atoms with Gasteiger partial charge in [-0.1, -0.05) is 25.1 Å². The van der Waals surface area contributed by atoms with Gasteiger partial charge in [0.2, 0.25) is 0 Å². The van der Waals surface area contributed by atoms with Crippen molar-refractivity contribution in [1.29, 1.82) is 0 Å². The molecule has 0 unspecified atom stereocenters. The van der Waals surface area contributed by atoms with Crippen molar-refractivity contribution in [1.82, 2.24) is 0 Å². The second-order valence-corrected chi connectivity index (χ2v) is 5.57. The van der Waals surface area contributed by atoms with E-state index in [4.69, 9.17) is 5.10 Å². The van der Waals surface area contributed by atoms with Crippen LogP contribution in [0.3, 0.4) is 0 Å². The maximum atomic E-state index is 4.77. The van der Waals surface area contributed by atoms with Crippen LogP contribution < -0.4 is 5.01 Å². The summed E-state index contributed by atoms with van der Waals surface area (Å²) in [5.41, 5.74) is 6.80. The Morgan fingerprint density at radius 3 is 2.53 bits per heavy atom. The molecule has 0 N–H and O–H groups in total. The number of rotatable bonds is 2. The minimum absolute atomic E-state index is 0.995. The quantitative estimate of drug-likeness (QED) is 0.789. The molecular weight excluding hydrogens is 232 g/mol. The van der Waals surface area contributed by atoms with Crippen LogP contribution in [-0.2, 0) is 12.8 Å². The maximum Gasteiger partial charge on any atom is 0.0679 e. The molecule has 2 aliphatic rings. The Morgan fingerprint density at radius 1 is 1.05 bits per heavy atom. The Kier molecular flexibility index (Phi) is 2.22. The Balaban J connectivity index is 2.09. The Morgan fingerprint density at radius 2 is 1.79 bits per heavy atom. The van der Waals surface area contributed by atoms with Crippen LogP contribution in [-0.4, -0.2) is 12.3 Å². The van der Waals surface area contributed by atoms with E-state index in [1.165, 1.54) is 46.0 Å². The molecule has 2 nitrogen and oxygen atoms in total. The monoisotopic (exact) mass is 250 g/mol. The predicted octanol–water partition coefficient (Wildman–Crippen LogP) is 3.89. The first-order chi connectivity index (χ1) is 9.29. The van der Waals surface area contributed by atoms with E-state index < -0.39 is 0 Å². The van der Waals surface area contributed by atoms with Gasteiger partial charge in [-0.25, -0.2) is 0 Å². The summed E-state index contributed by atoms with van der Waals surface area (Å²) in [5.74, 6) is 0. The number of aryl methyl sites for hydroxylation is 2. The van der Waals surface area contributed by atoms with Crippen LogP contribution in [0.5, 0.6) is 0 Å². The van der Waals surface area contributed by atoms with Crippen LogP contribution in [0.1, 0.15) is 37.0 Å². The van der Waals surface area contributed by atoms with Crippen LogP contribution in [0.2, 0.25) is 0 Å². The van der Waals surface area contributed by atoms with Crippen molar-refractivity contribution in [2.75, 3.05) is 11.6 Å². The fourth-order valence-electron chi connectivity index (χ4n) is 3.50. The van der Waals surface area contributed by atoms with Crippen molar-refractivity contribution in [2.45, 2.75) is 33.1 Å². The van der Waals surface area contributed by atoms with Crippen molar-refractivity contribution >= 4 is 22.2 Å². The molecule has 0 spiro atoms. The van der Waals surface area contributed by atoms with Gasteiger partial charge < -0.3 is 0 Å². The number of hydrogen-bond acceptors (Lipinski definition) is 2. The summed E-state index contributed by atoms with van der Waals surface area (Å²) in [7, 11) is 0. The molecule has 0 saturated carbocycles. The molecule has 2 aromatic carbocycles. The Bertz CT molecular complexity index is 703. The molecule has 4 rings (SSSR count). The average Bonchev–Trinajstić information content (AvgIpc) is 2.84. The van der Waals surface area contributed by atoms with Crippen LogP contribution >= 0.6 is 0 Å². The zero-order chi connectivity index (χ0) is 13.0. The van der Waals surface area contributed by atoms with E-state index in [9.17, 15) is 0 Å². The third-order valence-corrected chi connectivity index (χ3v) is 4.35. The van der Waals surface area contributed by atoms with Crippen molar-refractivity contribution in [3.8, 4) is 0 Å².